The van der Waals surface area contributed by atoms with Gasteiger partial charge in [0.2, 0.25) is 23.0 Å². The Morgan fingerprint density at radius 1 is 0.373 bits per heavy atom. The number of fused-ring (bicyclic) bond motifs is 6. The van der Waals surface area contributed by atoms with E-state index in [1.54, 1.807) is 63.4 Å². The first-order valence-electron chi connectivity index (χ1n) is 44.5. The van der Waals surface area contributed by atoms with Crippen LogP contribution in [0.5, 0.6) is 0 Å². The molecule has 18 rings (SSSR count). The van der Waals surface area contributed by atoms with Gasteiger partial charge in [0.25, 0.3) is 23.6 Å². The number of amides is 6. The van der Waals surface area contributed by atoms with E-state index in [0.29, 0.717) is 170 Å². The zero-order valence-electron chi connectivity index (χ0n) is 77.2. The number of hydrogen-bond donors (Lipinski definition) is 12. The first kappa shape index (κ1) is 100. The topological polar surface area (TPSA) is 442 Å². The number of carbonyl (C=O) groups excluding carboxylic acids is 6. The highest BCUT2D eigenvalue weighted by Gasteiger charge is 2.40. The van der Waals surface area contributed by atoms with Gasteiger partial charge in [-0.3, -0.25) is 38.1 Å². The molecule has 12 heterocycles. The molecule has 12 N–H and O–H groups in total. The van der Waals surface area contributed by atoms with Crippen LogP contribution in [0.3, 0.4) is 0 Å². The highest BCUT2D eigenvalue weighted by molar-refractivity contribution is 6.35. The fourth-order valence-electron chi connectivity index (χ4n) is 16.2. The first-order valence-corrected chi connectivity index (χ1v) is 45.2. The van der Waals surface area contributed by atoms with E-state index in [2.05, 4.69) is 114 Å². The molecule has 0 saturated carbocycles. The van der Waals surface area contributed by atoms with Gasteiger partial charge in [-0.2, -0.15) is 10.2 Å². The molecule has 134 heavy (non-hydrogen) atoms. The Morgan fingerprint density at radius 2 is 0.687 bits per heavy atom. The molecule has 6 fully saturated rings. The monoisotopic (exact) mass is 1900 g/mol. The Labute approximate surface area is 781 Å². The number of nitrogens with one attached hydrogen (secondary N) is 12. The summed E-state index contributed by atoms with van der Waals surface area (Å²) in [6.45, 7) is 32.9. The van der Waals surface area contributed by atoms with E-state index in [4.69, 9.17) is 69.7 Å². The van der Waals surface area contributed by atoms with Crippen LogP contribution in [0, 0.1) is 36.2 Å². The third-order valence-corrected chi connectivity index (χ3v) is 23.8. The van der Waals surface area contributed by atoms with Crippen LogP contribution in [0.2, 0.25) is 10.0 Å². The van der Waals surface area contributed by atoms with Crippen molar-refractivity contribution in [3.8, 4) is 0 Å². The van der Waals surface area contributed by atoms with Crippen LogP contribution in [-0.4, -0.2) is 231 Å². The van der Waals surface area contributed by atoms with Crippen LogP contribution in [0.4, 0.5) is 13.2 Å². The van der Waals surface area contributed by atoms with Gasteiger partial charge in [0.05, 0.1) is 137 Å². The van der Waals surface area contributed by atoms with Crippen molar-refractivity contribution in [3.63, 3.8) is 0 Å². The van der Waals surface area contributed by atoms with Gasteiger partial charge in [0.1, 0.15) is 58.5 Å². The molecule has 0 radical (unpaired) electrons. The van der Waals surface area contributed by atoms with Crippen molar-refractivity contribution >= 4 is 124 Å². The maximum absolute atomic E-state index is 14.0. The number of para-hydroxylation sites is 6. The minimum Gasteiger partial charge on any atom is -0.379 e. The maximum atomic E-state index is 14.0. The quantitative estimate of drug-likeness (QED) is 0.0384. The third-order valence-electron chi connectivity index (χ3n) is 23.2. The number of rotatable bonds is 18. The Kier molecular flexibility index (Phi) is 33.4. The van der Waals surface area contributed by atoms with Crippen molar-refractivity contribution in [3.05, 3.63) is 176 Å². The van der Waals surface area contributed by atoms with Gasteiger partial charge >= 0.3 is 0 Å². The van der Waals surface area contributed by atoms with E-state index < -0.39 is 63.7 Å². The van der Waals surface area contributed by atoms with Gasteiger partial charge in [-0.1, -0.05) is 98.4 Å². The van der Waals surface area contributed by atoms with E-state index in [1.165, 1.54) is 28.4 Å². The molecule has 36 nitrogen and oxygen atoms in total. The molecule has 41 heteroatoms. The molecular formula is C93H117Cl2F3N20O16. The lowest BCUT2D eigenvalue weighted by Crippen LogP contribution is -2.52. The van der Waals surface area contributed by atoms with Crippen molar-refractivity contribution in [2.24, 2.45) is 25.9 Å². The van der Waals surface area contributed by atoms with Gasteiger partial charge < -0.3 is 110 Å². The van der Waals surface area contributed by atoms with Crippen LogP contribution in [0.25, 0.3) is 65.7 Å². The Morgan fingerprint density at radius 3 is 1.10 bits per heavy atom. The van der Waals surface area contributed by atoms with Crippen molar-refractivity contribution in [2.75, 3.05) is 131 Å². The fourth-order valence-corrected chi connectivity index (χ4v) is 16.7. The lowest BCUT2D eigenvalue weighted by molar-refractivity contribution is -0.136. The van der Waals surface area contributed by atoms with Crippen molar-refractivity contribution in [1.82, 2.24) is 104 Å². The second-order valence-corrected chi connectivity index (χ2v) is 36.6. The molecule has 720 valence electrons. The number of nitrogens with zero attached hydrogens (tertiary/aromatic N) is 8. The lowest BCUT2D eigenvalue weighted by Gasteiger charge is -2.29. The zero-order chi connectivity index (χ0) is 95.8. The molecule has 6 atom stereocenters. The number of aryl methyl sites for hydroxylation is 3. The summed E-state index contributed by atoms with van der Waals surface area (Å²) in [5.74, 6) is -2.61. The summed E-state index contributed by atoms with van der Waals surface area (Å²) in [5, 5.41) is 67.2. The summed E-state index contributed by atoms with van der Waals surface area (Å²) in [6.07, 6.45) is -1.99. The molecule has 6 aliphatic rings. The number of morpholine rings is 4. The van der Waals surface area contributed by atoms with Crippen molar-refractivity contribution in [2.45, 2.75) is 135 Å². The number of hydrogen-bond acceptors (Lipinski definition) is 28. The van der Waals surface area contributed by atoms with Crippen LogP contribution in [0.15, 0.2) is 127 Å². The van der Waals surface area contributed by atoms with Crippen molar-refractivity contribution < 1.29 is 88.5 Å². The number of carbonyl (C=O) groups is 6. The summed E-state index contributed by atoms with van der Waals surface area (Å²) in [7, 11) is 3.63. The van der Waals surface area contributed by atoms with E-state index in [0.717, 1.165) is 66.6 Å². The SMILES string of the molecule is CC(C)(NC(=O)C1CNCCOC1)c1noc2c(F)cccc12.CC(C)(NC(=O)[C@@H]1CNCCO1)c1noc2c(Cl)cccc12.CC(C)(NC(=O)[C@@H]1CNCCO1)c1noc2c(F)cccc12.Cc1cccc2c(C(C)(C)NC(=O)[C@@H]3CNCCO3)nn(C)c12.Cn1nc(C(C)(C)NC(=O)[C@@H]2CNCCO2)c2cccc(F)c21.O=C(NCc1noc2c(Cl)cccc12)C1CNCCOC1. The third kappa shape index (κ3) is 24.4. The Balaban J connectivity index is 0.000000136. The largest absolute Gasteiger partial charge is 0.379 e. The fraction of sp³-hybridized carbons (Fsp3) is 0.484. The van der Waals surface area contributed by atoms with E-state index in [1.807, 2.05) is 104 Å². The molecule has 6 saturated heterocycles. The van der Waals surface area contributed by atoms with Gasteiger partial charge in [-0.25, -0.2) is 13.2 Å². The van der Waals surface area contributed by atoms with Crippen LogP contribution in [-0.2, 0) is 106 Å². The average Bonchev–Trinajstić information content (AvgIpc) is 1.64. The number of halogens is 5. The summed E-state index contributed by atoms with van der Waals surface area (Å²) >= 11 is 12.1. The molecule has 2 unspecified atom stereocenters. The molecule has 6 aliphatic heterocycles. The molecule has 6 amide bonds. The normalized spacial score (nSPS) is 19.3. The van der Waals surface area contributed by atoms with Crippen LogP contribution < -0.4 is 63.8 Å². The second kappa shape index (κ2) is 44.6. The minimum absolute atomic E-state index is 0.0532. The standard InChI is InChI=1S/C17H24N4O2.C16H21FN4O2.C16H20FN3O3.C15H18ClN3O3.C15H18FN3O3.C14H16ClN3O3/c1-11-6-5-7-12-14(11)21(4)20-15(12)17(2,3)19-16(22)13-10-18-8-9-23-13;1-16(2,19-15(22)12-9-18-7-8-23-12)14-10-5-4-6-11(17)13(10)21(3)20-14;1-16(2,19-15(21)10-8-18-6-7-22-9-10)14-11-4-3-5-12(17)13(11)23-20-14;2*1-15(2,18-14(20)11-8-17-6-7-21-11)13-9-4-3-5-10(16)12(9)22-19-13;15-11-3-1-2-10-12(18-21-13(10)11)7-17-14(19)9-6-16-4-5-20-8-9/h5-7,13,18H,8-10H2,1-4H3,(H,19,22);4-6,12,18H,7-9H2,1-3H3,(H,19,22);3-5,10,18H,6-9H2,1-2H3,(H,19,21);2*3-5,11,17H,6-8H2,1-2H3,(H,18,20);1-3,9,16H,4-8H2,(H,17,19)/t13-;12-;;2*11-;/m00.00./s1. The number of aromatic nitrogens is 8. The molecule has 6 aromatic heterocycles. The van der Waals surface area contributed by atoms with Crippen LogP contribution >= 0.6 is 23.2 Å². The predicted octanol–water partition coefficient (Wildman–Crippen LogP) is 8.29. The number of ether oxygens (including phenoxy) is 6. The molecule has 6 aromatic carbocycles. The van der Waals surface area contributed by atoms with Crippen molar-refractivity contribution in [1.29, 1.82) is 0 Å². The summed E-state index contributed by atoms with van der Waals surface area (Å²) in [5.41, 5.74) is 4.14. The minimum atomic E-state index is -0.809. The van der Waals surface area contributed by atoms with Gasteiger partial charge in [0, 0.05) is 114 Å². The number of benzene rings is 6. The summed E-state index contributed by atoms with van der Waals surface area (Å²) < 4.78 is 98.2. The second-order valence-electron chi connectivity index (χ2n) is 35.7. The molecule has 0 bridgehead atoms. The van der Waals surface area contributed by atoms with E-state index in [-0.39, 0.29) is 64.3 Å². The predicted molar refractivity (Wildman–Crippen MR) is 495 cm³/mol. The molecule has 12 aromatic rings. The Hall–Kier alpha value is -11.2. The summed E-state index contributed by atoms with van der Waals surface area (Å²) in [6, 6.07) is 31.2. The maximum Gasteiger partial charge on any atom is 0.251 e. The van der Waals surface area contributed by atoms with Gasteiger partial charge in [-0.05, 0) is 136 Å². The van der Waals surface area contributed by atoms with Gasteiger partial charge in [-0.15, -0.1) is 0 Å². The van der Waals surface area contributed by atoms with Gasteiger partial charge in [0.15, 0.2) is 22.8 Å². The summed E-state index contributed by atoms with van der Waals surface area (Å²) in [4.78, 5) is 74.2. The Bertz CT molecular complexity index is 5830. The zero-order valence-corrected chi connectivity index (χ0v) is 78.7. The lowest BCUT2D eigenvalue weighted by atomic mass is 9.96. The average molecular weight is 1900 g/mol. The van der Waals surface area contributed by atoms with Crippen LogP contribution in [0.1, 0.15) is 109 Å². The van der Waals surface area contributed by atoms with E-state index in [9.17, 15) is 41.9 Å². The highest BCUT2D eigenvalue weighted by atomic mass is 35.5. The molecule has 0 aliphatic carbocycles. The van der Waals surface area contributed by atoms with E-state index >= 15 is 0 Å². The molecule has 0 spiro atoms. The first-order chi connectivity index (χ1) is 64.0. The smallest absolute Gasteiger partial charge is 0.251 e. The highest BCUT2D eigenvalue weighted by Crippen LogP contribution is 2.37. The molecular weight excluding hydrogens is 1780 g/mol.